The van der Waals surface area contributed by atoms with Crippen LogP contribution in [0.25, 0.3) is 10.9 Å². The van der Waals surface area contributed by atoms with Gasteiger partial charge in [-0.25, -0.2) is 12.8 Å². The Kier molecular flexibility index (Phi) is 7.64. The first kappa shape index (κ1) is 29.0. The number of nitrogens with zero attached hydrogens (tertiary/aromatic N) is 3. The number of carbonyl (C=O) groups excluding carboxylic acids is 1. The minimum atomic E-state index is -3.76. The van der Waals surface area contributed by atoms with Gasteiger partial charge >= 0.3 is 0 Å². The summed E-state index contributed by atoms with van der Waals surface area (Å²) in [6.07, 6.45) is 4.59. The first-order valence-corrected chi connectivity index (χ1v) is 14.1. The zero-order chi connectivity index (χ0) is 29.5. The summed E-state index contributed by atoms with van der Waals surface area (Å²) in [6, 6.07) is 8.78. The SMILES string of the molecule is COc1cc2nccc(Oc3ccc(CC(=O)Nc4cnn(C(C)(C)C)c4)c(F)c3)c2cc1S(=O)(=O)C(C)(C)C. The molecule has 212 valence electrons. The molecule has 0 saturated heterocycles. The van der Waals surface area contributed by atoms with E-state index >= 15 is 0 Å². The van der Waals surface area contributed by atoms with E-state index in [0.29, 0.717) is 22.3 Å². The van der Waals surface area contributed by atoms with Gasteiger partial charge in [-0.05, 0) is 65.3 Å². The van der Waals surface area contributed by atoms with Gasteiger partial charge in [-0.1, -0.05) is 6.07 Å². The van der Waals surface area contributed by atoms with Crippen molar-refractivity contribution in [3.05, 3.63) is 66.4 Å². The average Bonchev–Trinajstić information content (AvgIpc) is 3.33. The highest BCUT2D eigenvalue weighted by molar-refractivity contribution is 7.92. The third kappa shape index (κ3) is 5.94. The topological polar surface area (TPSA) is 112 Å². The molecule has 0 radical (unpaired) electrons. The molecule has 0 fully saturated rings. The van der Waals surface area contributed by atoms with Gasteiger partial charge in [0.2, 0.25) is 5.91 Å². The molecule has 4 rings (SSSR count). The summed E-state index contributed by atoms with van der Waals surface area (Å²) in [5, 5.41) is 7.40. The van der Waals surface area contributed by atoms with Crippen LogP contribution in [0.1, 0.15) is 47.1 Å². The molecule has 1 amide bonds. The molecule has 11 heteroatoms. The van der Waals surface area contributed by atoms with Gasteiger partial charge in [0.1, 0.15) is 28.0 Å². The molecule has 0 bridgehead atoms. The largest absolute Gasteiger partial charge is 0.495 e. The van der Waals surface area contributed by atoms with Crippen molar-refractivity contribution < 1.29 is 27.1 Å². The van der Waals surface area contributed by atoms with E-state index in [1.807, 2.05) is 20.8 Å². The van der Waals surface area contributed by atoms with Crippen LogP contribution in [0.4, 0.5) is 10.1 Å². The zero-order valence-electron chi connectivity index (χ0n) is 23.6. The first-order chi connectivity index (χ1) is 18.6. The van der Waals surface area contributed by atoms with Gasteiger partial charge in [0.05, 0.1) is 41.2 Å². The first-order valence-electron chi connectivity index (χ1n) is 12.6. The Morgan fingerprint density at radius 3 is 2.38 bits per heavy atom. The Balaban J connectivity index is 1.58. The van der Waals surface area contributed by atoms with Crippen LogP contribution in [0.3, 0.4) is 0 Å². The molecule has 4 aromatic rings. The number of anilines is 1. The summed E-state index contributed by atoms with van der Waals surface area (Å²) in [4.78, 5) is 16.9. The number of hydrogen-bond donors (Lipinski definition) is 1. The van der Waals surface area contributed by atoms with E-state index in [1.54, 1.807) is 50.0 Å². The summed E-state index contributed by atoms with van der Waals surface area (Å²) in [5.74, 6) is -0.362. The summed E-state index contributed by atoms with van der Waals surface area (Å²) >= 11 is 0. The Labute approximate surface area is 233 Å². The van der Waals surface area contributed by atoms with Crippen molar-refractivity contribution in [2.45, 2.75) is 63.1 Å². The van der Waals surface area contributed by atoms with Crippen molar-refractivity contribution in [3.8, 4) is 17.2 Å². The fraction of sp³-hybridized carbons (Fsp3) is 0.345. The van der Waals surface area contributed by atoms with Crippen LogP contribution in [-0.2, 0) is 26.6 Å². The quantitative estimate of drug-likeness (QED) is 0.296. The number of sulfone groups is 1. The van der Waals surface area contributed by atoms with Crippen LogP contribution >= 0.6 is 0 Å². The zero-order valence-corrected chi connectivity index (χ0v) is 24.4. The van der Waals surface area contributed by atoms with E-state index in [-0.39, 0.29) is 39.8 Å². The molecule has 40 heavy (non-hydrogen) atoms. The van der Waals surface area contributed by atoms with Crippen molar-refractivity contribution in [2.24, 2.45) is 0 Å². The second kappa shape index (κ2) is 10.5. The maximum absolute atomic E-state index is 15.0. The van der Waals surface area contributed by atoms with Crippen LogP contribution in [0.2, 0.25) is 0 Å². The normalized spacial score (nSPS) is 12.4. The standard InChI is InChI=1S/C29H33FN4O5S/c1-28(2,3)34-17-19(16-32-34)33-27(35)12-18-8-9-20(13-22(18)30)39-24-10-11-31-23-15-25(38-7)26(14-21(23)24)40(36,37)29(4,5)6/h8-11,13-17H,12H2,1-7H3,(H,33,35). The number of pyridine rings is 1. The maximum Gasteiger partial charge on any atom is 0.228 e. The predicted molar refractivity (Wildman–Crippen MR) is 151 cm³/mol. The van der Waals surface area contributed by atoms with Crippen LogP contribution in [0.15, 0.2) is 59.9 Å². The number of aromatic nitrogens is 3. The molecule has 0 saturated carbocycles. The van der Waals surface area contributed by atoms with Crippen molar-refractivity contribution >= 4 is 32.3 Å². The number of ether oxygens (including phenoxy) is 2. The van der Waals surface area contributed by atoms with Gasteiger partial charge in [-0.15, -0.1) is 0 Å². The third-order valence-electron chi connectivity index (χ3n) is 6.24. The number of fused-ring (bicyclic) bond motifs is 1. The Bertz CT molecular complexity index is 1690. The van der Waals surface area contributed by atoms with Crippen LogP contribution in [0.5, 0.6) is 17.2 Å². The summed E-state index contributed by atoms with van der Waals surface area (Å²) in [5.41, 5.74) is 0.926. The van der Waals surface area contributed by atoms with E-state index in [9.17, 15) is 17.6 Å². The molecule has 0 spiro atoms. The van der Waals surface area contributed by atoms with Gasteiger partial charge < -0.3 is 14.8 Å². The number of nitrogens with one attached hydrogen (secondary N) is 1. The smallest absolute Gasteiger partial charge is 0.228 e. The van der Waals surface area contributed by atoms with Gasteiger partial charge in [0, 0.05) is 29.9 Å². The van der Waals surface area contributed by atoms with Crippen LogP contribution in [-0.4, -0.2) is 40.9 Å². The lowest BCUT2D eigenvalue weighted by molar-refractivity contribution is -0.115. The molecular formula is C29H33FN4O5S. The van der Waals surface area contributed by atoms with Crippen molar-refractivity contribution in [3.63, 3.8) is 0 Å². The molecule has 0 atom stereocenters. The number of amides is 1. The van der Waals surface area contributed by atoms with E-state index in [1.165, 1.54) is 37.6 Å². The summed E-state index contributed by atoms with van der Waals surface area (Å²) < 4.78 is 53.5. The molecule has 2 aromatic carbocycles. The van der Waals surface area contributed by atoms with E-state index in [4.69, 9.17) is 9.47 Å². The monoisotopic (exact) mass is 568 g/mol. The number of benzene rings is 2. The predicted octanol–water partition coefficient (Wildman–Crippen LogP) is 5.88. The number of hydrogen-bond acceptors (Lipinski definition) is 7. The highest BCUT2D eigenvalue weighted by Crippen LogP contribution is 2.38. The number of carbonyl (C=O) groups is 1. The maximum atomic E-state index is 15.0. The van der Waals surface area contributed by atoms with E-state index < -0.39 is 20.4 Å². The van der Waals surface area contributed by atoms with Gasteiger partial charge in [-0.2, -0.15) is 5.10 Å². The number of rotatable bonds is 7. The fourth-order valence-electron chi connectivity index (χ4n) is 3.91. The second-order valence-electron chi connectivity index (χ2n) is 11.4. The van der Waals surface area contributed by atoms with Crippen molar-refractivity contribution in [1.29, 1.82) is 0 Å². The van der Waals surface area contributed by atoms with E-state index in [2.05, 4.69) is 15.4 Å². The minimum absolute atomic E-state index is 0.00781. The Hall–Kier alpha value is -3.99. The summed E-state index contributed by atoms with van der Waals surface area (Å²) in [7, 11) is -2.37. The third-order valence-corrected chi connectivity index (χ3v) is 8.75. The van der Waals surface area contributed by atoms with Crippen molar-refractivity contribution in [2.75, 3.05) is 12.4 Å². The molecule has 1 N–H and O–H groups in total. The highest BCUT2D eigenvalue weighted by atomic mass is 32.2. The lowest BCUT2D eigenvalue weighted by Crippen LogP contribution is -2.28. The number of halogens is 1. The molecule has 0 aliphatic carbocycles. The Morgan fingerprint density at radius 1 is 1.05 bits per heavy atom. The van der Waals surface area contributed by atoms with Crippen LogP contribution < -0.4 is 14.8 Å². The lowest BCUT2D eigenvalue weighted by Gasteiger charge is -2.21. The summed E-state index contributed by atoms with van der Waals surface area (Å²) in [6.45, 7) is 10.8. The molecule has 0 unspecified atom stereocenters. The van der Waals surface area contributed by atoms with Gasteiger partial charge in [-0.3, -0.25) is 14.5 Å². The fourth-order valence-corrected chi connectivity index (χ4v) is 5.25. The van der Waals surface area contributed by atoms with E-state index in [0.717, 1.165) is 0 Å². The number of methoxy groups -OCH3 is 1. The molecule has 0 aliphatic rings. The highest BCUT2D eigenvalue weighted by Gasteiger charge is 2.34. The minimum Gasteiger partial charge on any atom is -0.495 e. The molecular weight excluding hydrogens is 535 g/mol. The average molecular weight is 569 g/mol. The molecule has 0 aliphatic heterocycles. The van der Waals surface area contributed by atoms with Gasteiger partial charge in [0.25, 0.3) is 0 Å². The van der Waals surface area contributed by atoms with Crippen LogP contribution in [0, 0.1) is 5.82 Å². The molecule has 2 heterocycles. The Morgan fingerprint density at radius 2 is 1.77 bits per heavy atom. The lowest BCUT2D eigenvalue weighted by atomic mass is 10.1. The molecule has 9 nitrogen and oxygen atoms in total. The van der Waals surface area contributed by atoms with Crippen molar-refractivity contribution in [1.82, 2.24) is 14.8 Å². The molecule has 2 aromatic heterocycles. The van der Waals surface area contributed by atoms with Gasteiger partial charge in [0.15, 0.2) is 9.84 Å². The second-order valence-corrected chi connectivity index (χ2v) is 14.0.